The average molecular weight is 299 g/mol. The fourth-order valence-electron chi connectivity index (χ4n) is 2.48. The van der Waals surface area contributed by atoms with Crippen LogP contribution in [0.5, 0.6) is 0 Å². The highest BCUT2D eigenvalue weighted by molar-refractivity contribution is 7.26. The van der Waals surface area contributed by atoms with E-state index in [1.54, 1.807) is 7.11 Å². The van der Waals surface area contributed by atoms with Crippen LogP contribution in [-0.2, 0) is 13.8 Å². The van der Waals surface area contributed by atoms with Gasteiger partial charge in [-0.2, -0.15) is 0 Å². The van der Waals surface area contributed by atoms with Crippen molar-refractivity contribution >= 4 is 26.4 Å². The van der Waals surface area contributed by atoms with Gasteiger partial charge < -0.3 is 29.7 Å². The molecular formula is C11H18N5O3P. The summed E-state index contributed by atoms with van der Waals surface area (Å²) in [5.74, 6) is 1.28. The van der Waals surface area contributed by atoms with Gasteiger partial charge in [0.15, 0.2) is 20.7 Å². The second-order valence-corrected chi connectivity index (χ2v) is 5.51. The van der Waals surface area contributed by atoms with Gasteiger partial charge in [-0.15, -0.1) is 0 Å². The van der Waals surface area contributed by atoms with Crippen molar-refractivity contribution in [3.8, 4) is 0 Å². The SMILES string of the molecule is COPOC[C@@H]1CC[C@H](N2CNc3c(N)ncnc32)O1. The summed E-state index contributed by atoms with van der Waals surface area (Å²) in [7, 11) is 1.69. The molecule has 3 heterocycles. The van der Waals surface area contributed by atoms with Crippen molar-refractivity contribution in [2.45, 2.75) is 25.2 Å². The zero-order valence-corrected chi connectivity index (χ0v) is 12.2. The molecule has 0 saturated carbocycles. The van der Waals surface area contributed by atoms with Gasteiger partial charge in [-0.1, -0.05) is 0 Å². The highest BCUT2D eigenvalue weighted by Gasteiger charge is 2.35. The van der Waals surface area contributed by atoms with Gasteiger partial charge in [-0.05, 0) is 12.8 Å². The van der Waals surface area contributed by atoms with E-state index >= 15 is 0 Å². The molecule has 1 aromatic rings. The number of aromatic nitrogens is 2. The summed E-state index contributed by atoms with van der Waals surface area (Å²) >= 11 is 0. The zero-order chi connectivity index (χ0) is 13.9. The van der Waals surface area contributed by atoms with Gasteiger partial charge in [0.25, 0.3) is 0 Å². The molecule has 110 valence electrons. The van der Waals surface area contributed by atoms with Gasteiger partial charge in [0.1, 0.15) is 18.2 Å². The van der Waals surface area contributed by atoms with Crippen molar-refractivity contribution in [3.05, 3.63) is 6.33 Å². The Morgan fingerprint density at radius 3 is 3.30 bits per heavy atom. The highest BCUT2D eigenvalue weighted by Crippen LogP contribution is 2.37. The molecule has 0 radical (unpaired) electrons. The normalized spacial score (nSPS) is 25.4. The van der Waals surface area contributed by atoms with Crippen molar-refractivity contribution in [3.63, 3.8) is 0 Å². The lowest BCUT2D eigenvalue weighted by atomic mass is 10.2. The molecule has 2 aliphatic heterocycles. The van der Waals surface area contributed by atoms with Gasteiger partial charge >= 0.3 is 0 Å². The van der Waals surface area contributed by atoms with Gasteiger partial charge in [0.2, 0.25) is 0 Å². The molecule has 0 aromatic carbocycles. The lowest BCUT2D eigenvalue weighted by Gasteiger charge is -2.24. The summed E-state index contributed by atoms with van der Waals surface area (Å²) in [6.45, 7) is 1.19. The van der Waals surface area contributed by atoms with E-state index in [4.69, 9.17) is 19.5 Å². The summed E-state index contributed by atoms with van der Waals surface area (Å²) in [6, 6.07) is 0. The van der Waals surface area contributed by atoms with Crippen LogP contribution in [0.2, 0.25) is 0 Å². The number of ether oxygens (including phenoxy) is 1. The predicted octanol–water partition coefficient (Wildman–Crippen LogP) is 0.925. The molecule has 1 unspecified atom stereocenters. The Balaban J connectivity index is 1.61. The number of nitrogens with one attached hydrogen (secondary N) is 1. The van der Waals surface area contributed by atoms with E-state index < -0.39 is 0 Å². The van der Waals surface area contributed by atoms with E-state index in [1.165, 1.54) is 6.33 Å². The first kappa shape index (κ1) is 13.8. The largest absolute Gasteiger partial charge is 0.382 e. The van der Waals surface area contributed by atoms with Crippen LogP contribution in [0, 0.1) is 0 Å². The molecule has 8 nitrogen and oxygen atoms in total. The van der Waals surface area contributed by atoms with E-state index in [0.717, 1.165) is 24.3 Å². The minimum atomic E-state index is -0.00229. The van der Waals surface area contributed by atoms with Crippen LogP contribution in [0.15, 0.2) is 6.33 Å². The first-order valence-corrected chi connectivity index (χ1v) is 7.27. The number of fused-ring (bicyclic) bond motifs is 1. The maximum absolute atomic E-state index is 6.00. The number of hydrogen-bond acceptors (Lipinski definition) is 8. The van der Waals surface area contributed by atoms with Crippen LogP contribution in [-0.4, -0.2) is 42.7 Å². The topological polar surface area (TPSA) is 94.8 Å². The molecule has 3 atom stereocenters. The zero-order valence-electron chi connectivity index (χ0n) is 11.2. The quantitative estimate of drug-likeness (QED) is 0.612. The maximum Gasteiger partial charge on any atom is 0.161 e. The van der Waals surface area contributed by atoms with Crippen LogP contribution in [0.1, 0.15) is 12.8 Å². The lowest BCUT2D eigenvalue weighted by Crippen LogP contribution is -2.35. The maximum atomic E-state index is 6.00. The third-order valence-electron chi connectivity index (χ3n) is 3.40. The minimum absolute atomic E-state index is 0.00229. The van der Waals surface area contributed by atoms with E-state index in [1.807, 2.05) is 0 Å². The molecule has 0 spiro atoms. The summed E-state index contributed by atoms with van der Waals surface area (Å²) in [5, 5.41) is 3.21. The van der Waals surface area contributed by atoms with Crippen LogP contribution in [0.3, 0.4) is 0 Å². The molecule has 1 aromatic heterocycles. The van der Waals surface area contributed by atoms with E-state index in [0.29, 0.717) is 19.1 Å². The van der Waals surface area contributed by atoms with E-state index in [2.05, 4.69) is 20.2 Å². The Kier molecular flexibility index (Phi) is 4.16. The second kappa shape index (κ2) is 6.05. The van der Waals surface area contributed by atoms with Gasteiger partial charge in [-0.3, -0.25) is 0 Å². The summed E-state index contributed by atoms with van der Waals surface area (Å²) in [6.07, 6.45) is 3.48. The number of nitrogen functional groups attached to an aromatic ring is 1. The second-order valence-electron chi connectivity index (χ2n) is 4.65. The first-order chi connectivity index (χ1) is 9.79. The monoisotopic (exact) mass is 299 g/mol. The molecule has 1 fully saturated rings. The van der Waals surface area contributed by atoms with E-state index in [9.17, 15) is 0 Å². The standard InChI is InChI=1S/C11H18N5O3P/c1-17-20-18-4-7-2-3-8(19-7)16-6-15-9-10(12)13-5-14-11(9)16/h5,7-8,15,20H,2-4,6H2,1H3,(H2,12,13,14)/t7-,8+/m0/s1. The molecular weight excluding hydrogens is 281 g/mol. The van der Waals surface area contributed by atoms with Gasteiger partial charge in [0, 0.05) is 7.11 Å². The summed E-state index contributed by atoms with van der Waals surface area (Å²) < 4.78 is 16.3. The Bertz CT molecular complexity index is 477. The van der Waals surface area contributed by atoms with Crippen molar-refractivity contribution in [2.24, 2.45) is 0 Å². The molecule has 3 rings (SSSR count). The van der Waals surface area contributed by atoms with Crippen LogP contribution in [0.4, 0.5) is 17.3 Å². The average Bonchev–Trinajstić information content (AvgIpc) is 3.06. The molecule has 3 N–H and O–H groups in total. The number of nitrogens with zero attached hydrogens (tertiary/aromatic N) is 3. The number of anilines is 3. The Hall–Kier alpha value is -1.21. The van der Waals surface area contributed by atoms with Crippen molar-refractivity contribution in [1.82, 2.24) is 9.97 Å². The lowest BCUT2D eigenvalue weighted by molar-refractivity contribution is 0.0187. The molecule has 1 saturated heterocycles. The van der Waals surface area contributed by atoms with Gasteiger partial charge in [-0.25, -0.2) is 9.97 Å². The number of nitrogens with two attached hydrogens (primary N) is 1. The third kappa shape index (κ3) is 2.64. The van der Waals surface area contributed by atoms with Gasteiger partial charge in [0.05, 0.1) is 19.4 Å². The Morgan fingerprint density at radius 2 is 2.45 bits per heavy atom. The summed E-state index contributed by atoms with van der Waals surface area (Å²) in [4.78, 5) is 10.3. The molecule has 0 bridgehead atoms. The Labute approximate surface area is 118 Å². The number of hydrogen-bond donors (Lipinski definition) is 2. The fourth-order valence-corrected chi connectivity index (χ4v) is 2.85. The van der Waals surface area contributed by atoms with E-state index in [-0.39, 0.29) is 21.4 Å². The molecule has 2 aliphatic rings. The highest BCUT2D eigenvalue weighted by atomic mass is 31.1. The van der Waals surface area contributed by atoms with Crippen molar-refractivity contribution < 1.29 is 13.8 Å². The molecule has 0 aliphatic carbocycles. The van der Waals surface area contributed by atoms with Crippen molar-refractivity contribution in [2.75, 3.05) is 36.3 Å². The smallest absolute Gasteiger partial charge is 0.161 e. The molecule has 0 amide bonds. The Morgan fingerprint density at radius 1 is 1.55 bits per heavy atom. The minimum Gasteiger partial charge on any atom is -0.382 e. The first-order valence-electron chi connectivity index (χ1n) is 6.46. The molecule has 20 heavy (non-hydrogen) atoms. The third-order valence-corrected chi connectivity index (χ3v) is 3.85. The van der Waals surface area contributed by atoms with Crippen molar-refractivity contribution in [1.29, 1.82) is 0 Å². The van der Waals surface area contributed by atoms with Crippen LogP contribution in [0.25, 0.3) is 0 Å². The van der Waals surface area contributed by atoms with Crippen LogP contribution < -0.4 is 16.0 Å². The predicted molar refractivity (Wildman–Crippen MR) is 76.6 cm³/mol. The fraction of sp³-hybridized carbons (Fsp3) is 0.636. The van der Waals surface area contributed by atoms with Crippen LogP contribution >= 0.6 is 9.03 Å². The molecule has 9 heteroatoms. The summed E-state index contributed by atoms with van der Waals surface area (Å²) in [5.41, 5.74) is 6.62. The number of rotatable bonds is 5.